The Kier molecular flexibility index (Phi) is 2.78. The summed E-state index contributed by atoms with van der Waals surface area (Å²) in [7, 11) is 0. The van der Waals surface area contributed by atoms with Gasteiger partial charge in [-0.3, -0.25) is 10.1 Å². The summed E-state index contributed by atoms with van der Waals surface area (Å²) in [6, 6.07) is 19.1. The number of hydrogen-bond donors (Lipinski definition) is 2. The normalized spacial score (nSPS) is 12.0. The zero-order chi connectivity index (χ0) is 16.0. The number of hydrogen-bond acceptors (Lipinski definition) is 2. The summed E-state index contributed by atoms with van der Waals surface area (Å²) in [4.78, 5) is 18.1. The second-order valence-electron chi connectivity index (χ2n) is 5.87. The van der Waals surface area contributed by atoms with Crippen molar-refractivity contribution in [3.8, 4) is 0 Å². The monoisotopic (exact) mass is 305 g/mol. The van der Waals surface area contributed by atoms with E-state index in [2.05, 4.69) is 9.97 Å². The number of aromatic amines is 2. The fourth-order valence-corrected chi connectivity index (χ4v) is 3.01. The molecule has 2 aromatic heterocycles. The van der Waals surface area contributed by atoms with Crippen LogP contribution in [0.3, 0.4) is 0 Å². The molecule has 0 aliphatic heterocycles. The van der Waals surface area contributed by atoms with Crippen LogP contribution in [0.2, 0.25) is 0 Å². The van der Waals surface area contributed by atoms with E-state index in [0.29, 0.717) is 11.4 Å². The first kappa shape index (κ1) is 13.6. The number of nitro groups is 1. The molecule has 2 heterocycles. The molecule has 0 radical (unpaired) electrons. The second kappa shape index (κ2) is 4.71. The maximum absolute atomic E-state index is 11.9. The molecule has 23 heavy (non-hydrogen) atoms. The summed E-state index contributed by atoms with van der Waals surface area (Å²) < 4.78 is 0. The van der Waals surface area contributed by atoms with Crippen molar-refractivity contribution >= 4 is 21.8 Å². The standard InChI is InChI=1S/C18H15N3O2/c1-18(21(22)23,16-10-12-6-2-4-8-14(12)19-16)17-11-13-7-3-5-9-15(13)20-17/h2-11,19-20H,1H3. The molecule has 0 saturated carbocycles. The number of rotatable bonds is 3. The Labute approximate surface area is 132 Å². The molecule has 5 nitrogen and oxygen atoms in total. The molecular formula is C18H15N3O2. The van der Waals surface area contributed by atoms with Crippen LogP contribution in [-0.2, 0) is 5.54 Å². The van der Waals surface area contributed by atoms with E-state index in [-0.39, 0.29) is 4.92 Å². The molecule has 0 bridgehead atoms. The van der Waals surface area contributed by atoms with Crippen LogP contribution in [-0.4, -0.2) is 14.9 Å². The van der Waals surface area contributed by atoms with Crippen molar-refractivity contribution in [1.82, 2.24) is 9.97 Å². The van der Waals surface area contributed by atoms with Gasteiger partial charge < -0.3 is 9.97 Å². The highest BCUT2D eigenvalue weighted by atomic mass is 16.6. The van der Waals surface area contributed by atoms with Crippen LogP contribution in [0.4, 0.5) is 0 Å². The molecule has 0 aliphatic carbocycles. The minimum absolute atomic E-state index is 0.248. The van der Waals surface area contributed by atoms with Crippen LogP contribution < -0.4 is 0 Å². The molecule has 0 atom stereocenters. The van der Waals surface area contributed by atoms with Crippen LogP contribution in [0.5, 0.6) is 0 Å². The fraction of sp³-hybridized carbons (Fsp3) is 0.111. The molecule has 2 aromatic carbocycles. The van der Waals surface area contributed by atoms with Crippen molar-refractivity contribution in [1.29, 1.82) is 0 Å². The van der Waals surface area contributed by atoms with Gasteiger partial charge in [-0.1, -0.05) is 36.4 Å². The third-order valence-electron chi connectivity index (χ3n) is 4.47. The summed E-state index contributed by atoms with van der Waals surface area (Å²) in [6.07, 6.45) is 0. The van der Waals surface area contributed by atoms with Gasteiger partial charge in [0.25, 0.3) is 5.54 Å². The molecule has 0 fully saturated rings. The van der Waals surface area contributed by atoms with Crippen molar-refractivity contribution < 1.29 is 4.92 Å². The zero-order valence-corrected chi connectivity index (χ0v) is 12.5. The summed E-state index contributed by atoms with van der Waals surface area (Å²) in [5.74, 6) is 0. The molecule has 5 heteroatoms. The maximum atomic E-state index is 11.9. The van der Waals surface area contributed by atoms with Gasteiger partial charge in [0.05, 0.1) is 11.4 Å². The lowest BCUT2D eigenvalue weighted by molar-refractivity contribution is -0.562. The molecule has 0 saturated heterocycles. The van der Waals surface area contributed by atoms with Crippen LogP contribution in [0.25, 0.3) is 21.8 Å². The van der Waals surface area contributed by atoms with Gasteiger partial charge >= 0.3 is 0 Å². The van der Waals surface area contributed by atoms with E-state index in [4.69, 9.17) is 0 Å². The van der Waals surface area contributed by atoms with E-state index in [9.17, 15) is 10.1 Å². The van der Waals surface area contributed by atoms with Crippen LogP contribution in [0.1, 0.15) is 18.3 Å². The van der Waals surface area contributed by atoms with Gasteiger partial charge in [-0.2, -0.15) is 0 Å². The second-order valence-corrected chi connectivity index (χ2v) is 5.87. The Balaban J connectivity index is 1.96. The molecule has 114 valence electrons. The molecular weight excluding hydrogens is 290 g/mol. The molecule has 0 spiro atoms. The molecule has 0 amide bonds. The van der Waals surface area contributed by atoms with Crippen molar-refractivity contribution in [2.75, 3.05) is 0 Å². The number of benzene rings is 2. The lowest BCUT2D eigenvalue weighted by Crippen LogP contribution is -2.34. The summed E-state index contributed by atoms with van der Waals surface area (Å²) in [5.41, 5.74) is 1.56. The van der Waals surface area contributed by atoms with Crippen LogP contribution in [0.15, 0.2) is 60.7 Å². The first-order valence-electron chi connectivity index (χ1n) is 7.40. The zero-order valence-electron chi connectivity index (χ0n) is 12.5. The number of nitrogens with one attached hydrogen (secondary N) is 2. The minimum Gasteiger partial charge on any atom is -0.352 e. The molecule has 0 aliphatic rings. The summed E-state index contributed by atoms with van der Waals surface area (Å²) in [6.45, 7) is 1.63. The predicted molar refractivity (Wildman–Crippen MR) is 90.0 cm³/mol. The van der Waals surface area contributed by atoms with E-state index < -0.39 is 5.54 Å². The van der Waals surface area contributed by atoms with E-state index in [1.165, 1.54) is 0 Å². The molecule has 2 N–H and O–H groups in total. The predicted octanol–water partition coefficient (Wildman–Crippen LogP) is 4.19. The van der Waals surface area contributed by atoms with Gasteiger partial charge in [-0.25, -0.2) is 0 Å². The smallest absolute Gasteiger partial charge is 0.298 e. The Bertz CT molecular complexity index is 889. The Morgan fingerprint density at radius 1 is 0.870 bits per heavy atom. The van der Waals surface area contributed by atoms with Crippen LogP contribution in [0, 0.1) is 10.1 Å². The van der Waals surface area contributed by atoms with Crippen molar-refractivity contribution in [2.45, 2.75) is 12.5 Å². The average Bonchev–Trinajstić information content (AvgIpc) is 3.17. The SMILES string of the molecule is CC(c1cc2ccccc2[nH]1)(c1cc2ccccc2[nH]1)[N+](=O)[O-]. The topological polar surface area (TPSA) is 74.7 Å². The third-order valence-corrected chi connectivity index (χ3v) is 4.47. The van der Waals surface area contributed by atoms with E-state index in [0.717, 1.165) is 21.8 Å². The van der Waals surface area contributed by atoms with E-state index in [1.54, 1.807) is 6.92 Å². The van der Waals surface area contributed by atoms with Gasteiger partial charge in [0, 0.05) is 22.9 Å². The first-order chi connectivity index (χ1) is 11.1. The minimum atomic E-state index is -1.36. The number of aromatic nitrogens is 2. The van der Waals surface area contributed by atoms with Gasteiger partial charge in [0.15, 0.2) is 0 Å². The highest BCUT2D eigenvalue weighted by molar-refractivity contribution is 5.82. The van der Waals surface area contributed by atoms with Gasteiger partial charge in [0.2, 0.25) is 0 Å². The largest absolute Gasteiger partial charge is 0.352 e. The molecule has 4 aromatic rings. The quantitative estimate of drug-likeness (QED) is 0.440. The van der Waals surface area contributed by atoms with Crippen molar-refractivity contribution in [3.63, 3.8) is 0 Å². The lowest BCUT2D eigenvalue weighted by atomic mass is 9.94. The van der Waals surface area contributed by atoms with Crippen molar-refractivity contribution in [2.24, 2.45) is 0 Å². The number of fused-ring (bicyclic) bond motifs is 2. The highest BCUT2D eigenvalue weighted by Gasteiger charge is 2.44. The van der Waals surface area contributed by atoms with Crippen molar-refractivity contribution in [3.05, 3.63) is 82.2 Å². The average molecular weight is 305 g/mol. The molecule has 4 rings (SSSR count). The summed E-state index contributed by atoms with van der Waals surface area (Å²) >= 11 is 0. The van der Waals surface area contributed by atoms with Crippen LogP contribution >= 0.6 is 0 Å². The number of nitrogens with zero attached hydrogens (tertiary/aromatic N) is 1. The summed E-state index contributed by atoms with van der Waals surface area (Å²) in [5, 5.41) is 13.9. The Hall–Kier alpha value is -3.08. The van der Waals surface area contributed by atoms with Gasteiger partial charge in [-0.05, 0) is 35.0 Å². The number of para-hydroxylation sites is 2. The number of H-pyrrole nitrogens is 2. The van der Waals surface area contributed by atoms with E-state index >= 15 is 0 Å². The Morgan fingerprint density at radius 3 is 1.70 bits per heavy atom. The highest BCUT2D eigenvalue weighted by Crippen LogP contribution is 2.35. The van der Waals surface area contributed by atoms with Gasteiger partial charge in [0.1, 0.15) is 0 Å². The fourth-order valence-electron chi connectivity index (χ4n) is 3.01. The van der Waals surface area contributed by atoms with Gasteiger partial charge in [-0.15, -0.1) is 0 Å². The molecule has 0 unspecified atom stereocenters. The first-order valence-corrected chi connectivity index (χ1v) is 7.40. The maximum Gasteiger partial charge on any atom is 0.298 e. The lowest BCUT2D eigenvalue weighted by Gasteiger charge is -2.18. The third kappa shape index (κ3) is 1.93. The van der Waals surface area contributed by atoms with E-state index in [1.807, 2.05) is 60.7 Å². The Morgan fingerprint density at radius 2 is 1.30 bits per heavy atom.